The summed E-state index contributed by atoms with van der Waals surface area (Å²) in [5.41, 5.74) is 6.58. The SMILES string of the molecule is CC(CN)CN(C)C(=O)C1COc2ccccc21. The first kappa shape index (κ1) is 12.9. The van der Waals surface area contributed by atoms with Gasteiger partial charge in [-0.3, -0.25) is 4.79 Å². The summed E-state index contributed by atoms with van der Waals surface area (Å²) in [7, 11) is 1.83. The molecule has 2 unspecified atom stereocenters. The monoisotopic (exact) mass is 248 g/mol. The zero-order chi connectivity index (χ0) is 13.1. The number of carbonyl (C=O) groups excluding carboxylic acids is 1. The molecular weight excluding hydrogens is 228 g/mol. The molecule has 18 heavy (non-hydrogen) atoms. The van der Waals surface area contributed by atoms with Gasteiger partial charge >= 0.3 is 0 Å². The molecule has 2 atom stereocenters. The second-order valence-corrected chi connectivity index (χ2v) is 4.96. The van der Waals surface area contributed by atoms with E-state index in [4.69, 9.17) is 10.5 Å². The maximum atomic E-state index is 12.4. The molecule has 1 amide bonds. The lowest BCUT2D eigenvalue weighted by Gasteiger charge is -2.23. The van der Waals surface area contributed by atoms with Gasteiger partial charge in [-0.1, -0.05) is 25.1 Å². The molecule has 0 fully saturated rings. The van der Waals surface area contributed by atoms with Crippen LogP contribution in [0.4, 0.5) is 0 Å². The molecule has 4 nitrogen and oxygen atoms in total. The molecule has 1 aromatic carbocycles. The van der Waals surface area contributed by atoms with Gasteiger partial charge in [0.1, 0.15) is 18.3 Å². The fourth-order valence-electron chi connectivity index (χ4n) is 2.27. The molecule has 0 aromatic heterocycles. The summed E-state index contributed by atoms with van der Waals surface area (Å²) in [5.74, 6) is 1.09. The van der Waals surface area contributed by atoms with E-state index in [2.05, 4.69) is 0 Å². The van der Waals surface area contributed by atoms with Crippen LogP contribution >= 0.6 is 0 Å². The second-order valence-electron chi connectivity index (χ2n) is 4.96. The van der Waals surface area contributed by atoms with Gasteiger partial charge in [0.25, 0.3) is 0 Å². The van der Waals surface area contributed by atoms with E-state index in [1.807, 2.05) is 38.2 Å². The molecule has 98 valence electrons. The summed E-state index contributed by atoms with van der Waals surface area (Å²) < 4.78 is 5.54. The predicted molar refractivity (Wildman–Crippen MR) is 70.5 cm³/mol. The Morgan fingerprint density at radius 3 is 3.00 bits per heavy atom. The number of likely N-dealkylation sites (N-methyl/N-ethyl adjacent to an activating group) is 1. The summed E-state index contributed by atoms with van der Waals surface area (Å²) in [6.07, 6.45) is 0. The van der Waals surface area contributed by atoms with Crippen LogP contribution in [0.5, 0.6) is 5.75 Å². The molecular formula is C14H20N2O2. The van der Waals surface area contributed by atoms with Crippen LogP contribution in [-0.4, -0.2) is 37.6 Å². The Labute approximate surface area is 108 Å². The number of rotatable bonds is 4. The molecule has 4 heteroatoms. The van der Waals surface area contributed by atoms with Crippen molar-refractivity contribution in [2.45, 2.75) is 12.8 Å². The number of carbonyl (C=O) groups is 1. The van der Waals surface area contributed by atoms with Gasteiger partial charge in [-0.15, -0.1) is 0 Å². The molecule has 2 N–H and O–H groups in total. The van der Waals surface area contributed by atoms with E-state index in [9.17, 15) is 4.79 Å². The maximum Gasteiger partial charge on any atom is 0.233 e. The summed E-state index contributed by atoms with van der Waals surface area (Å²) in [6, 6.07) is 7.73. The van der Waals surface area contributed by atoms with Crippen molar-refractivity contribution in [2.75, 3.05) is 26.7 Å². The van der Waals surface area contributed by atoms with Gasteiger partial charge in [-0.2, -0.15) is 0 Å². The highest BCUT2D eigenvalue weighted by molar-refractivity contribution is 5.85. The number of fused-ring (bicyclic) bond motifs is 1. The lowest BCUT2D eigenvalue weighted by molar-refractivity contribution is -0.132. The van der Waals surface area contributed by atoms with Gasteiger partial charge in [0.2, 0.25) is 5.91 Å². The highest BCUT2D eigenvalue weighted by atomic mass is 16.5. The smallest absolute Gasteiger partial charge is 0.233 e. The molecule has 1 aliphatic rings. The number of hydrogen-bond donors (Lipinski definition) is 1. The molecule has 2 rings (SSSR count). The van der Waals surface area contributed by atoms with Gasteiger partial charge in [0, 0.05) is 19.2 Å². The van der Waals surface area contributed by atoms with Gasteiger partial charge in [-0.05, 0) is 18.5 Å². The van der Waals surface area contributed by atoms with Crippen LogP contribution < -0.4 is 10.5 Å². The Kier molecular flexibility index (Phi) is 3.87. The summed E-state index contributed by atoms with van der Waals surface area (Å²) >= 11 is 0. The number of nitrogens with zero attached hydrogens (tertiary/aromatic N) is 1. The third-order valence-electron chi connectivity index (χ3n) is 3.36. The van der Waals surface area contributed by atoms with Crippen molar-refractivity contribution < 1.29 is 9.53 Å². The Morgan fingerprint density at radius 1 is 1.56 bits per heavy atom. The van der Waals surface area contributed by atoms with Crippen LogP contribution in [-0.2, 0) is 4.79 Å². The fraction of sp³-hybridized carbons (Fsp3) is 0.500. The lowest BCUT2D eigenvalue weighted by Crippen LogP contribution is -2.37. The van der Waals surface area contributed by atoms with Crippen LogP contribution in [0, 0.1) is 5.92 Å². The van der Waals surface area contributed by atoms with E-state index in [-0.39, 0.29) is 11.8 Å². The van der Waals surface area contributed by atoms with Gasteiger partial charge in [-0.25, -0.2) is 0 Å². The van der Waals surface area contributed by atoms with E-state index in [1.165, 1.54) is 0 Å². The van der Waals surface area contributed by atoms with Crippen LogP contribution in [0.15, 0.2) is 24.3 Å². The largest absolute Gasteiger partial charge is 0.492 e. The summed E-state index contributed by atoms with van der Waals surface area (Å²) in [5, 5.41) is 0. The molecule has 1 heterocycles. The van der Waals surface area contributed by atoms with Crippen molar-refractivity contribution in [3.63, 3.8) is 0 Å². The molecule has 0 radical (unpaired) electrons. The predicted octanol–water partition coefficient (Wildman–Crippen LogP) is 1.22. The Bertz CT molecular complexity index is 434. The minimum absolute atomic E-state index is 0.111. The Morgan fingerprint density at radius 2 is 2.28 bits per heavy atom. The molecule has 1 aliphatic heterocycles. The molecule has 0 spiro atoms. The van der Waals surface area contributed by atoms with Crippen LogP contribution in [0.2, 0.25) is 0 Å². The number of ether oxygens (including phenoxy) is 1. The van der Waals surface area contributed by atoms with Gasteiger partial charge in [0.05, 0.1) is 0 Å². The average molecular weight is 248 g/mol. The lowest BCUT2D eigenvalue weighted by atomic mass is 9.99. The van der Waals surface area contributed by atoms with Crippen molar-refractivity contribution in [1.82, 2.24) is 4.90 Å². The van der Waals surface area contributed by atoms with Gasteiger partial charge in [0.15, 0.2) is 0 Å². The van der Waals surface area contributed by atoms with Crippen molar-refractivity contribution >= 4 is 5.91 Å². The average Bonchev–Trinajstić information content (AvgIpc) is 2.81. The van der Waals surface area contributed by atoms with Crippen molar-refractivity contribution in [2.24, 2.45) is 11.7 Å². The van der Waals surface area contributed by atoms with Crippen molar-refractivity contribution in [1.29, 1.82) is 0 Å². The highest BCUT2D eigenvalue weighted by Crippen LogP contribution is 2.34. The number of nitrogens with two attached hydrogens (primary N) is 1. The Balaban J connectivity index is 2.07. The van der Waals surface area contributed by atoms with E-state index >= 15 is 0 Å². The third-order valence-corrected chi connectivity index (χ3v) is 3.36. The maximum absolute atomic E-state index is 12.4. The first-order valence-corrected chi connectivity index (χ1v) is 6.30. The molecule has 1 aromatic rings. The van der Waals surface area contributed by atoms with Gasteiger partial charge < -0.3 is 15.4 Å². The molecule has 0 aliphatic carbocycles. The number of benzene rings is 1. The normalized spacial score (nSPS) is 18.9. The molecule has 0 saturated heterocycles. The standard InChI is InChI=1S/C14H20N2O2/c1-10(7-15)8-16(2)14(17)12-9-18-13-6-4-3-5-11(12)13/h3-6,10,12H,7-9,15H2,1-2H3. The number of para-hydroxylation sites is 1. The quantitative estimate of drug-likeness (QED) is 0.871. The first-order valence-electron chi connectivity index (χ1n) is 6.30. The van der Waals surface area contributed by atoms with Crippen molar-refractivity contribution in [3.8, 4) is 5.75 Å². The van der Waals surface area contributed by atoms with Crippen molar-refractivity contribution in [3.05, 3.63) is 29.8 Å². The minimum Gasteiger partial charge on any atom is -0.492 e. The van der Waals surface area contributed by atoms with E-state index in [1.54, 1.807) is 4.90 Å². The summed E-state index contributed by atoms with van der Waals surface area (Å²) in [6.45, 7) is 3.77. The molecule has 0 bridgehead atoms. The first-order chi connectivity index (χ1) is 8.63. The fourth-order valence-corrected chi connectivity index (χ4v) is 2.27. The zero-order valence-electron chi connectivity index (χ0n) is 10.9. The third kappa shape index (κ3) is 2.48. The van der Waals surface area contributed by atoms with Crippen LogP contribution in [0.1, 0.15) is 18.4 Å². The molecule has 0 saturated carbocycles. The van der Waals surface area contributed by atoms with E-state index in [0.717, 1.165) is 11.3 Å². The highest BCUT2D eigenvalue weighted by Gasteiger charge is 2.32. The number of hydrogen-bond acceptors (Lipinski definition) is 3. The minimum atomic E-state index is -0.170. The topological polar surface area (TPSA) is 55.6 Å². The Hall–Kier alpha value is -1.55. The van der Waals surface area contributed by atoms with E-state index in [0.29, 0.717) is 25.6 Å². The van der Waals surface area contributed by atoms with Crippen LogP contribution in [0.3, 0.4) is 0 Å². The van der Waals surface area contributed by atoms with Crippen LogP contribution in [0.25, 0.3) is 0 Å². The zero-order valence-corrected chi connectivity index (χ0v) is 10.9. The number of amides is 1. The second kappa shape index (κ2) is 5.40. The summed E-state index contributed by atoms with van der Waals surface area (Å²) in [4.78, 5) is 14.1. The van der Waals surface area contributed by atoms with E-state index < -0.39 is 0 Å².